The van der Waals surface area contributed by atoms with Gasteiger partial charge in [-0.1, -0.05) is 18.2 Å². The first-order chi connectivity index (χ1) is 13.1. The zero-order valence-electron chi connectivity index (χ0n) is 16.2. The average Bonchev–Trinajstić information content (AvgIpc) is 2.70. The van der Waals surface area contributed by atoms with E-state index in [0.29, 0.717) is 32.5 Å². The molecule has 1 aromatic carbocycles. The first-order valence-electron chi connectivity index (χ1n) is 10.1. The fourth-order valence-corrected chi connectivity index (χ4v) is 4.15. The molecule has 2 amide bonds. The van der Waals surface area contributed by atoms with E-state index in [-0.39, 0.29) is 23.7 Å². The molecule has 1 aromatic rings. The Balaban J connectivity index is 1.48. The van der Waals surface area contributed by atoms with Crippen molar-refractivity contribution < 1.29 is 14.3 Å². The van der Waals surface area contributed by atoms with E-state index in [4.69, 9.17) is 10.5 Å². The molecular formula is C21H31N3O3. The Hall–Kier alpha value is -2.08. The van der Waals surface area contributed by atoms with E-state index in [9.17, 15) is 9.59 Å². The molecule has 0 aromatic heterocycles. The Morgan fingerprint density at radius 2 is 1.67 bits per heavy atom. The molecule has 0 spiro atoms. The Labute approximate surface area is 161 Å². The number of carbonyl (C=O) groups is 2. The van der Waals surface area contributed by atoms with E-state index >= 15 is 0 Å². The van der Waals surface area contributed by atoms with Gasteiger partial charge in [0.2, 0.25) is 11.8 Å². The topological polar surface area (TPSA) is 75.9 Å². The fourth-order valence-electron chi connectivity index (χ4n) is 4.15. The lowest BCUT2D eigenvalue weighted by Gasteiger charge is -2.37. The molecule has 2 heterocycles. The molecule has 148 valence electrons. The van der Waals surface area contributed by atoms with Gasteiger partial charge in [-0.15, -0.1) is 0 Å². The van der Waals surface area contributed by atoms with Gasteiger partial charge < -0.3 is 15.4 Å². The van der Waals surface area contributed by atoms with Crippen molar-refractivity contribution in [2.75, 3.05) is 32.8 Å². The molecule has 2 saturated heterocycles. The summed E-state index contributed by atoms with van der Waals surface area (Å²) in [7, 11) is 0. The third-order valence-electron chi connectivity index (χ3n) is 5.81. The molecule has 6 heteroatoms. The molecule has 0 aliphatic carbocycles. The van der Waals surface area contributed by atoms with Crippen molar-refractivity contribution in [3.8, 4) is 5.75 Å². The molecule has 0 atom stereocenters. The van der Waals surface area contributed by atoms with Crippen LogP contribution in [0.3, 0.4) is 0 Å². The SMILES string of the molecule is CCOc1ccccc1CN1CCC(C(=O)N2CCC(C(N)=O)CC2)CC1. The van der Waals surface area contributed by atoms with E-state index in [0.717, 1.165) is 38.2 Å². The number of hydrogen-bond acceptors (Lipinski definition) is 4. The number of nitrogens with zero attached hydrogens (tertiary/aromatic N) is 2. The van der Waals surface area contributed by atoms with Gasteiger partial charge in [-0.2, -0.15) is 0 Å². The van der Waals surface area contributed by atoms with Crippen LogP contribution in [0.2, 0.25) is 0 Å². The summed E-state index contributed by atoms with van der Waals surface area (Å²) in [6.45, 7) is 6.70. The van der Waals surface area contributed by atoms with E-state index in [1.165, 1.54) is 5.56 Å². The van der Waals surface area contributed by atoms with Crippen molar-refractivity contribution in [3.63, 3.8) is 0 Å². The number of hydrogen-bond donors (Lipinski definition) is 1. The highest BCUT2D eigenvalue weighted by atomic mass is 16.5. The van der Waals surface area contributed by atoms with Crippen LogP contribution < -0.4 is 10.5 Å². The summed E-state index contributed by atoms with van der Waals surface area (Å²) in [5.74, 6) is 1.01. The van der Waals surface area contributed by atoms with Crippen LogP contribution in [-0.4, -0.2) is 54.4 Å². The number of benzene rings is 1. The van der Waals surface area contributed by atoms with Crippen molar-refractivity contribution in [1.29, 1.82) is 0 Å². The largest absolute Gasteiger partial charge is 0.494 e. The van der Waals surface area contributed by atoms with Crippen molar-refractivity contribution in [1.82, 2.24) is 9.80 Å². The third kappa shape index (κ3) is 5.01. The second-order valence-electron chi connectivity index (χ2n) is 7.59. The summed E-state index contributed by atoms with van der Waals surface area (Å²) in [5.41, 5.74) is 6.59. The highest BCUT2D eigenvalue weighted by molar-refractivity contribution is 5.80. The second kappa shape index (κ2) is 9.22. The number of amides is 2. The molecule has 0 bridgehead atoms. The molecule has 2 N–H and O–H groups in total. The van der Waals surface area contributed by atoms with Gasteiger partial charge in [0.05, 0.1) is 6.61 Å². The average molecular weight is 373 g/mol. The van der Waals surface area contributed by atoms with Gasteiger partial charge >= 0.3 is 0 Å². The number of likely N-dealkylation sites (tertiary alicyclic amines) is 2. The number of piperidine rings is 2. The Morgan fingerprint density at radius 3 is 2.30 bits per heavy atom. The number of carbonyl (C=O) groups excluding carboxylic acids is 2. The maximum Gasteiger partial charge on any atom is 0.225 e. The van der Waals surface area contributed by atoms with Crippen LogP contribution >= 0.6 is 0 Å². The molecule has 2 aliphatic rings. The molecular weight excluding hydrogens is 342 g/mol. The zero-order valence-corrected chi connectivity index (χ0v) is 16.2. The lowest BCUT2D eigenvalue weighted by Crippen LogP contribution is -2.46. The number of nitrogens with two attached hydrogens (primary N) is 1. The summed E-state index contributed by atoms with van der Waals surface area (Å²) in [5, 5.41) is 0. The summed E-state index contributed by atoms with van der Waals surface area (Å²) < 4.78 is 5.72. The molecule has 0 saturated carbocycles. The minimum absolute atomic E-state index is 0.0682. The van der Waals surface area contributed by atoms with Gasteiger partial charge in [-0.05, 0) is 51.8 Å². The summed E-state index contributed by atoms with van der Waals surface area (Å²) in [6, 6.07) is 8.18. The summed E-state index contributed by atoms with van der Waals surface area (Å²) >= 11 is 0. The van der Waals surface area contributed by atoms with E-state index < -0.39 is 0 Å². The van der Waals surface area contributed by atoms with Crippen LogP contribution in [0.25, 0.3) is 0 Å². The second-order valence-corrected chi connectivity index (χ2v) is 7.59. The van der Waals surface area contributed by atoms with E-state index in [1.54, 1.807) is 0 Å². The minimum Gasteiger partial charge on any atom is -0.494 e. The molecule has 3 rings (SSSR count). The van der Waals surface area contributed by atoms with Gasteiger partial charge in [0.15, 0.2) is 0 Å². The van der Waals surface area contributed by atoms with E-state index in [1.807, 2.05) is 30.0 Å². The fraction of sp³-hybridized carbons (Fsp3) is 0.619. The molecule has 6 nitrogen and oxygen atoms in total. The van der Waals surface area contributed by atoms with Crippen LogP contribution in [0, 0.1) is 11.8 Å². The lowest BCUT2D eigenvalue weighted by molar-refractivity contribution is -0.140. The summed E-state index contributed by atoms with van der Waals surface area (Å²) in [4.78, 5) is 28.4. The normalized spacial score (nSPS) is 19.8. The van der Waals surface area contributed by atoms with Crippen LogP contribution in [0.4, 0.5) is 0 Å². The monoisotopic (exact) mass is 373 g/mol. The number of para-hydroxylation sites is 1. The standard InChI is InChI=1S/C21H31N3O3/c1-2-27-19-6-4-3-5-18(19)15-23-11-7-17(8-12-23)21(26)24-13-9-16(10-14-24)20(22)25/h3-6,16-17H,2,7-15H2,1H3,(H2,22,25). The highest BCUT2D eigenvalue weighted by Crippen LogP contribution is 2.26. The smallest absolute Gasteiger partial charge is 0.225 e. The van der Waals surface area contributed by atoms with Gasteiger partial charge in [0, 0.05) is 37.0 Å². The Morgan fingerprint density at radius 1 is 1.04 bits per heavy atom. The predicted octanol–water partition coefficient (Wildman–Crippen LogP) is 2.02. The van der Waals surface area contributed by atoms with Crippen LogP contribution in [0.15, 0.2) is 24.3 Å². The zero-order chi connectivity index (χ0) is 19.2. The Bertz CT molecular complexity index is 648. The maximum atomic E-state index is 12.8. The molecule has 2 fully saturated rings. The molecule has 0 unspecified atom stereocenters. The van der Waals surface area contributed by atoms with E-state index in [2.05, 4.69) is 11.0 Å². The highest BCUT2D eigenvalue weighted by Gasteiger charge is 2.32. The third-order valence-corrected chi connectivity index (χ3v) is 5.81. The van der Waals surface area contributed by atoms with Crippen molar-refractivity contribution in [3.05, 3.63) is 29.8 Å². The number of rotatable bonds is 6. The molecule has 0 radical (unpaired) electrons. The van der Waals surface area contributed by atoms with Crippen molar-refractivity contribution in [2.24, 2.45) is 17.6 Å². The molecule has 2 aliphatic heterocycles. The summed E-state index contributed by atoms with van der Waals surface area (Å²) in [6.07, 6.45) is 3.19. The van der Waals surface area contributed by atoms with Gasteiger partial charge in [0.1, 0.15) is 5.75 Å². The molecule has 27 heavy (non-hydrogen) atoms. The predicted molar refractivity (Wildman–Crippen MR) is 104 cm³/mol. The van der Waals surface area contributed by atoms with Crippen LogP contribution in [0.1, 0.15) is 38.2 Å². The minimum atomic E-state index is -0.234. The van der Waals surface area contributed by atoms with Crippen molar-refractivity contribution >= 4 is 11.8 Å². The van der Waals surface area contributed by atoms with Crippen LogP contribution in [-0.2, 0) is 16.1 Å². The maximum absolute atomic E-state index is 12.8. The lowest BCUT2D eigenvalue weighted by atomic mass is 9.91. The van der Waals surface area contributed by atoms with Crippen LogP contribution in [0.5, 0.6) is 5.75 Å². The number of primary amides is 1. The first-order valence-corrected chi connectivity index (χ1v) is 10.1. The first kappa shape index (κ1) is 19.7. The van der Waals surface area contributed by atoms with Gasteiger partial charge in [-0.25, -0.2) is 0 Å². The van der Waals surface area contributed by atoms with Gasteiger partial charge in [0.25, 0.3) is 0 Å². The Kier molecular flexibility index (Phi) is 6.72. The van der Waals surface area contributed by atoms with Crippen molar-refractivity contribution in [2.45, 2.75) is 39.2 Å². The number of ether oxygens (including phenoxy) is 1. The van der Waals surface area contributed by atoms with Gasteiger partial charge in [-0.3, -0.25) is 14.5 Å². The quantitative estimate of drug-likeness (QED) is 0.828.